The molecule has 2 N–H and O–H groups in total. The molecule has 0 fully saturated rings. The van der Waals surface area contributed by atoms with Crippen LogP contribution >= 0.6 is 12.2 Å². The smallest absolute Gasteiger partial charge is 0.222 e. The Morgan fingerprint density at radius 3 is 2.61 bits per heavy atom. The number of hydrogen-bond acceptors (Lipinski definition) is 5. The fourth-order valence-corrected chi connectivity index (χ4v) is 3.67. The molecule has 0 spiro atoms. The van der Waals surface area contributed by atoms with Gasteiger partial charge in [0, 0.05) is 24.1 Å². The lowest BCUT2D eigenvalue weighted by Crippen LogP contribution is -2.29. The number of hydrogen-bond donors (Lipinski definition) is 2. The van der Waals surface area contributed by atoms with Gasteiger partial charge in [0.05, 0.1) is 19.8 Å². The van der Waals surface area contributed by atoms with Gasteiger partial charge in [-0.2, -0.15) is 5.10 Å². The number of rotatable bonds is 10. The molecule has 0 aliphatic carbocycles. The van der Waals surface area contributed by atoms with Gasteiger partial charge < -0.3 is 14.8 Å². The number of para-hydroxylation sites is 1. The van der Waals surface area contributed by atoms with Gasteiger partial charge in [-0.05, 0) is 55.9 Å². The largest absolute Gasteiger partial charge is 0.496 e. The van der Waals surface area contributed by atoms with Crippen LogP contribution in [0.15, 0.2) is 48.5 Å². The van der Waals surface area contributed by atoms with Crippen LogP contribution < -0.4 is 14.8 Å². The van der Waals surface area contributed by atoms with Crippen LogP contribution in [0.5, 0.6) is 11.5 Å². The van der Waals surface area contributed by atoms with Crippen LogP contribution in [0.1, 0.15) is 38.3 Å². The van der Waals surface area contributed by atoms with Gasteiger partial charge in [-0.15, -0.1) is 0 Å². The molecular formula is C23H28N4O3S. The molecule has 2 aromatic carbocycles. The number of nitrogens with zero attached hydrogens (tertiary/aromatic N) is 2. The molecule has 164 valence electrons. The van der Waals surface area contributed by atoms with Gasteiger partial charge >= 0.3 is 0 Å². The van der Waals surface area contributed by atoms with E-state index in [0.717, 1.165) is 29.0 Å². The van der Waals surface area contributed by atoms with Crippen molar-refractivity contribution in [1.29, 1.82) is 0 Å². The molecule has 0 saturated heterocycles. The summed E-state index contributed by atoms with van der Waals surface area (Å²) in [7, 11) is 1.64. The minimum Gasteiger partial charge on any atom is -0.496 e. The fraction of sp³-hybridized carbons (Fsp3) is 0.348. The van der Waals surface area contributed by atoms with E-state index in [4.69, 9.17) is 21.7 Å². The van der Waals surface area contributed by atoms with E-state index in [-0.39, 0.29) is 18.4 Å². The second kappa shape index (κ2) is 10.8. The molecule has 0 aliphatic rings. The summed E-state index contributed by atoms with van der Waals surface area (Å²) in [6.07, 6.45) is 1.04. The van der Waals surface area contributed by atoms with Crippen molar-refractivity contribution >= 4 is 18.1 Å². The first-order valence-corrected chi connectivity index (χ1v) is 10.8. The van der Waals surface area contributed by atoms with E-state index in [1.165, 1.54) is 0 Å². The number of methoxy groups -OCH3 is 1. The number of ether oxygens (including phenoxy) is 2. The van der Waals surface area contributed by atoms with Crippen LogP contribution in [0.4, 0.5) is 0 Å². The van der Waals surface area contributed by atoms with Crippen LogP contribution in [0, 0.1) is 4.77 Å². The Hall–Kier alpha value is -3.13. The second-order valence-corrected chi connectivity index (χ2v) is 7.37. The van der Waals surface area contributed by atoms with Crippen LogP contribution in [-0.4, -0.2) is 34.4 Å². The van der Waals surface area contributed by atoms with E-state index < -0.39 is 0 Å². The standard InChI is InChI=1S/C23H28N4O3S/c1-4-19(18-8-6-7-9-20(18)29-3)24-21(28)14-15-27-22(25-26-23(27)31)16-10-12-17(13-11-16)30-5-2/h6-13,19H,4-5,14-15H2,1-3H3,(H,24,28)(H,26,31). The molecule has 1 unspecified atom stereocenters. The zero-order chi connectivity index (χ0) is 22.2. The van der Waals surface area contributed by atoms with Crippen LogP contribution in [0.3, 0.4) is 0 Å². The number of aromatic amines is 1. The molecule has 0 bridgehead atoms. The predicted octanol–water partition coefficient (Wildman–Crippen LogP) is 4.67. The summed E-state index contributed by atoms with van der Waals surface area (Å²) in [4.78, 5) is 12.7. The molecule has 0 saturated carbocycles. The Labute approximate surface area is 187 Å². The van der Waals surface area contributed by atoms with Gasteiger partial charge in [-0.3, -0.25) is 14.5 Å². The minimum atomic E-state index is -0.119. The van der Waals surface area contributed by atoms with Crippen molar-refractivity contribution in [3.8, 4) is 22.9 Å². The Morgan fingerprint density at radius 2 is 1.94 bits per heavy atom. The van der Waals surface area contributed by atoms with E-state index in [9.17, 15) is 4.79 Å². The van der Waals surface area contributed by atoms with E-state index >= 15 is 0 Å². The fourth-order valence-electron chi connectivity index (χ4n) is 3.45. The number of amides is 1. The van der Waals surface area contributed by atoms with Gasteiger partial charge in [-0.25, -0.2) is 0 Å². The Bertz CT molecular complexity index is 1060. The zero-order valence-corrected chi connectivity index (χ0v) is 18.9. The number of H-pyrrole nitrogens is 1. The molecule has 1 amide bonds. The highest BCUT2D eigenvalue weighted by Gasteiger charge is 2.17. The van der Waals surface area contributed by atoms with Gasteiger partial charge in [0.25, 0.3) is 0 Å². The minimum absolute atomic E-state index is 0.0569. The normalized spacial score (nSPS) is 11.7. The lowest BCUT2D eigenvalue weighted by molar-refractivity contribution is -0.122. The summed E-state index contributed by atoms with van der Waals surface area (Å²) < 4.78 is 13.3. The van der Waals surface area contributed by atoms with E-state index in [1.807, 2.05) is 66.9 Å². The Morgan fingerprint density at radius 1 is 1.19 bits per heavy atom. The third-order valence-corrected chi connectivity index (χ3v) is 5.31. The third kappa shape index (κ3) is 5.52. The molecular weight excluding hydrogens is 412 g/mol. The predicted molar refractivity (Wildman–Crippen MR) is 123 cm³/mol. The average Bonchev–Trinajstić information content (AvgIpc) is 3.17. The van der Waals surface area contributed by atoms with Gasteiger partial charge in [0.2, 0.25) is 5.91 Å². The number of aromatic nitrogens is 3. The zero-order valence-electron chi connectivity index (χ0n) is 18.1. The number of benzene rings is 2. The second-order valence-electron chi connectivity index (χ2n) is 6.98. The highest BCUT2D eigenvalue weighted by Crippen LogP contribution is 2.27. The van der Waals surface area contributed by atoms with Crippen molar-refractivity contribution in [2.45, 2.75) is 39.3 Å². The van der Waals surface area contributed by atoms with Crippen molar-refractivity contribution in [2.24, 2.45) is 0 Å². The summed E-state index contributed by atoms with van der Waals surface area (Å²) in [5, 5.41) is 10.3. The van der Waals surface area contributed by atoms with Crippen LogP contribution in [-0.2, 0) is 11.3 Å². The summed E-state index contributed by atoms with van der Waals surface area (Å²) >= 11 is 5.38. The lowest BCUT2D eigenvalue weighted by Gasteiger charge is -2.20. The van der Waals surface area contributed by atoms with Gasteiger partial charge in [0.1, 0.15) is 11.5 Å². The highest BCUT2D eigenvalue weighted by molar-refractivity contribution is 7.71. The highest BCUT2D eigenvalue weighted by atomic mass is 32.1. The first kappa shape index (κ1) is 22.6. The topological polar surface area (TPSA) is 81.2 Å². The van der Waals surface area contributed by atoms with Crippen molar-refractivity contribution in [3.05, 3.63) is 58.9 Å². The first-order valence-electron chi connectivity index (χ1n) is 10.4. The monoisotopic (exact) mass is 440 g/mol. The molecule has 0 aliphatic heterocycles. The quantitative estimate of drug-likeness (QED) is 0.448. The Kier molecular flexibility index (Phi) is 7.83. The number of carbonyl (C=O) groups excluding carboxylic acids is 1. The molecule has 3 rings (SSSR count). The average molecular weight is 441 g/mol. The number of carbonyl (C=O) groups is 1. The maximum absolute atomic E-state index is 12.7. The van der Waals surface area contributed by atoms with Crippen molar-refractivity contribution < 1.29 is 14.3 Å². The van der Waals surface area contributed by atoms with Crippen LogP contribution in [0.2, 0.25) is 0 Å². The van der Waals surface area contributed by atoms with Crippen molar-refractivity contribution in [2.75, 3.05) is 13.7 Å². The molecule has 7 nitrogen and oxygen atoms in total. The number of nitrogens with one attached hydrogen (secondary N) is 2. The molecule has 0 radical (unpaired) electrons. The lowest BCUT2D eigenvalue weighted by atomic mass is 10.0. The summed E-state index contributed by atoms with van der Waals surface area (Å²) in [5.74, 6) is 2.20. The molecule has 1 aromatic heterocycles. The maximum atomic E-state index is 12.7. The van der Waals surface area contributed by atoms with Crippen molar-refractivity contribution in [3.63, 3.8) is 0 Å². The van der Waals surface area contributed by atoms with Gasteiger partial charge in [0.15, 0.2) is 10.6 Å². The summed E-state index contributed by atoms with van der Waals surface area (Å²) in [5.41, 5.74) is 1.87. The van der Waals surface area contributed by atoms with Crippen molar-refractivity contribution in [1.82, 2.24) is 20.1 Å². The van der Waals surface area contributed by atoms with E-state index in [1.54, 1.807) is 7.11 Å². The van der Waals surface area contributed by atoms with E-state index in [0.29, 0.717) is 23.7 Å². The van der Waals surface area contributed by atoms with E-state index in [2.05, 4.69) is 15.5 Å². The summed E-state index contributed by atoms with van der Waals surface area (Å²) in [6.45, 7) is 5.02. The maximum Gasteiger partial charge on any atom is 0.222 e. The molecule has 8 heteroatoms. The summed E-state index contributed by atoms with van der Waals surface area (Å²) in [6, 6.07) is 15.3. The Balaban J connectivity index is 1.69. The van der Waals surface area contributed by atoms with Crippen LogP contribution in [0.25, 0.3) is 11.4 Å². The van der Waals surface area contributed by atoms with Gasteiger partial charge in [-0.1, -0.05) is 25.1 Å². The molecule has 31 heavy (non-hydrogen) atoms. The molecule has 1 atom stereocenters. The first-order chi connectivity index (χ1) is 15.1. The third-order valence-electron chi connectivity index (χ3n) is 5.00. The molecule has 1 heterocycles. The SMILES string of the molecule is CCOc1ccc(-c2n[nH]c(=S)n2CCC(=O)NC(CC)c2ccccc2OC)cc1. The molecule has 3 aromatic rings.